The third-order valence-electron chi connectivity index (χ3n) is 5.48. The summed E-state index contributed by atoms with van der Waals surface area (Å²) in [7, 11) is -1.94. The summed E-state index contributed by atoms with van der Waals surface area (Å²) in [5.74, 6) is 1.76. The molecule has 0 saturated carbocycles. The summed E-state index contributed by atoms with van der Waals surface area (Å²) in [6, 6.07) is 24.2. The zero-order valence-corrected chi connectivity index (χ0v) is 18.3. The molecule has 1 saturated heterocycles. The van der Waals surface area contributed by atoms with E-state index in [0.717, 1.165) is 19.6 Å². The van der Waals surface area contributed by atoms with Gasteiger partial charge >= 0.3 is 0 Å². The fourth-order valence-corrected chi connectivity index (χ4v) is 5.20. The molecule has 1 N–H and O–H groups in total. The summed E-state index contributed by atoms with van der Waals surface area (Å²) < 4.78 is 38.9. The van der Waals surface area contributed by atoms with Crippen LogP contribution in [0.2, 0.25) is 0 Å². The fourth-order valence-electron chi connectivity index (χ4n) is 3.76. The number of piperazine rings is 1. The maximum atomic E-state index is 13.1. The first-order chi connectivity index (χ1) is 15.1. The smallest absolute Gasteiger partial charge is 0.243 e. The molecule has 0 radical (unpaired) electrons. The first-order valence-corrected chi connectivity index (χ1v) is 11.8. The fraction of sp³-hybridized carbons (Fsp3) is 0.250. The maximum absolute atomic E-state index is 13.1. The minimum Gasteiger partial charge on any atom is -0.493 e. The minimum atomic E-state index is -3.52. The average molecular weight is 440 g/mol. The van der Waals surface area contributed by atoms with Gasteiger partial charge in [0, 0.05) is 5.56 Å². The van der Waals surface area contributed by atoms with E-state index in [-0.39, 0.29) is 4.90 Å². The van der Waals surface area contributed by atoms with Gasteiger partial charge in [0.05, 0.1) is 38.2 Å². The molecule has 0 spiro atoms. The van der Waals surface area contributed by atoms with Crippen molar-refractivity contribution in [3.63, 3.8) is 0 Å². The zero-order chi connectivity index (χ0) is 21.7. The summed E-state index contributed by atoms with van der Waals surface area (Å²) in [5, 5.41) is 0. The molecule has 0 aromatic heterocycles. The minimum absolute atomic E-state index is 0.284. The van der Waals surface area contributed by atoms with Gasteiger partial charge in [-0.15, -0.1) is 0 Å². The molecule has 1 aliphatic rings. The topological polar surface area (TPSA) is 60.3 Å². The molecule has 4 rings (SSSR count). The molecule has 0 bridgehead atoms. The number of hydrogen-bond donors (Lipinski definition) is 1. The molecular weight excluding hydrogens is 412 g/mol. The van der Waals surface area contributed by atoms with Crippen LogP contribution in [0.25, 0.3) is 0 Å². The van der Waals surface area contributed by atoms with Crippen molar-refractivity contribution in [1.82, 2.24) is 4.31 Å². The predicted octanol–water partition coefficient (Wildman–Crippen LogP) is 2.58. The third kappa shape index (κ3) is 5.07. The number of hydrogen-bond acceptors (Lipinski definition) is 4. The first kappa shape index (κ1) is 21.4. The highest BCUT2D eigenvalue weighted by Crippen LogP contribution is 2.31. The molecule has 0 aliphatic carbocycles. The van der Waals surface area contributed by atoms with Crippen LogP contribution in [0.1, 0.15) is 5.56 Å². The van der Waals surface area contributed by atoms with Crippen LogP contribution in [0, 0.1) is 0 Å². The summed E-state index contributed by atoms with van der Waals surface area (Å²) in [5.41, 5.74) is 1.28. The van der Waals surface area contributed by atoms with Crippen molar-refractivity contribution in [3.05, 3.63) is 84.4 Å². The van der Waals surface area contributed by atoms with Crippen molar-refractivity contribution in [2.24, 2.45) is 0 Å². The number of benzene rings is 3. The molecule has 3 aromatic rings. The lowest BCUT2D eigenvalue weighted by Crippen LogP contribution is -3.13. The lowest BCUT2D eigenvalue weighted by Gasteiger charge is -2.31. The zero-order valence-electron chi connectivity index (χ0n) is 17.5. The highest BCUT2D eigenvalue weighted by molar-refractivity contribution is 7.89. The maximum Gasteiger partial charge on any atom is 0.243 e. The Hall–Kier alpha value is -2.87. The van der Waals surface area contributed by atoms with E-state index in [4.69, 9.17) is 9.47 Å². The van der Waals surface area contributed by atoms with Crippen LogP contribution in [0.3, 0.4) is 0 Å². The molecule has 162 valence electrons. The molecule has 1 fully saturated rings. The van der Waals surface area contributed by atoms with E-state index < -0.39 is 10.0 Å². The molecule has 31 heavy (non-hydrogen) atoms. The Morgan fingerprint density at radius 3 is 2.10 bits per heavy atom. The highest BCUT2D eigenvalue weighted by Gasteiger charge is 2.30. The van der Waals surface area contributed by atoms with E-state index in [9.17, 15) is 8.42 Å². The molecule has 0 atom stereocenters. The summed E-state index contributed by atoms with van der Waals surface area (Å²) in [6.07, 6.45) is 0. The van der Waals surface area contributed by atoms with Crippen molar-refractivity contribution in [2.75, 3.05) is 33.3 Å². The largest absolute Gasteiger partial charge is 0.493 e. The number of quaternary nitrogens is 1. The van der Waals surface area contributed by atoms with Crippen molar-refractivity contribution in [3.8, 4) is 17.2 Å². The van der Waals surface area contributed by atoms with Gasteiger partial charge in [0.25, 0.3) is 0 Å². The van der Waals surface area contributed by atoms with Gasteiger partial charge < -0.3 is 14.4 Å². The Bertz CT molecular complexity index is 1090. The number of methoxy groups -OCH3 is 1. The van der Waals surface area contributed by atoms with Crippen LogP contribution in [0.5, 0.6) is 17.2 Å². The van der Waals surface area contributed by atoms with Crippen LogP contribution < -0.4 is 14.4 Å². The molecule has 0 amide bonds. The van der Waals surface area contributed by atoms with Gasteiger partial charge in [-0.1, -0.05) is 42.5 Å². The van der Waals surface area contributed by atoms with Crippen molar-refractivity contribution < 1.29 is 22.8 Å². The standard InChI is InChI=1S/C24H26N2O4S/c1-29-23-9-5-6-10-24(23)30-21-11-13-22(14-12-21)31(27,28)26-17-15-25(16-18-26)19-20-7-3-2-4-8-20/h2-14H,15-19H2,1H3/p+1. The lowest BCUT2D eigenvalue weighted by atomic mass is 10.2. The number of nitrogens with zero attached hydrogens (tertiary/aromatic N) is 1. The molecule has 3 aromatic carbocycles. The quantitative estimate of drug-likeness (QED) is 0.615. The van der Waals surface area contributed by atoms with Gasteiger partial charge in [0.1, 0.15) is 12.3 Å². The van der Waals surface area contributed by atoms with Gasteiger partial charge in [0.2, 0.25) is 10.0 Å². The second-order valence-corrected chi connectivity index (χ2v) is 9.48. The van der Waals surface area contributed by atoms with Crippen molar-refractivity contribution >= 4 is 10.0 Å². The molecule has 1 aliphatic heterocycles. The predicted molar refractivity (Wildman–Crippen MR) is 119 cm³/mol. The lowest BCUT2D eigenvalue weighted by molar-refractivity contribution is -0.917. The molecule has 6 nitrogen and oxygen atoms in total. The Kier molecular flexibility index (Phi) is 6.56. The van der Waals surface area contributed by atoms with E-state index in [1.165, 1.54) is 10.5 Å². The van der Waals surface area contributed by atoms with Crippen molar-refractivity contribution in [2.45, 2.75) is 11.4 Å². The number of rotatable bonds is 7. The highest BCUT2D eigenvalue weighted by atomic mass is 32.2. The number of nitrogens with one attached hydrogen (secondary N) is 1. The summed E-state index contributed by atoms with van der Waals surface area (Å²) >= 11 is 0. The van der Waals surface area contributed by atoms with Crippen LogP contribution >= 0.6 is 0 Å². The molecular formula is C24H27N2O4S+. The Morgan fingerprint density at radius 1 is 0.839 bits per heavy atom. The number of sulfonamides is 1. The monoisotopic (exact) mass is 439 g/mol. The average Bonchev–Trinajstić information content (AvgIpc) is 2.81. The van der Waals surface area contributed by atoms with Gasteiger partial charge in [-0.25, -0.2) is 8.42 Å². The van der Waals surface area contributed by atoms with Gasteiger partial charge in [-0.05, 0) is 36.4 Å². The van der Waals surface area contributed by atoms with E-state index in [1.54, 1.807) is 41.7 Å². The molecule has 1 heterocycles. The van der Waals surface area contributed by atoms with Crippen molar-refractivity contribution in [1.29, 1.82) is 0 Å². The number of para-hydroxylation sites is 2. The first-order valence-electron chi connectivity index (χ1n) is 10.3. The second-order valence-electron chi connectivity index (χ2n) is 7.54. The summed E-state index contributed by atoms with van der Waals surface area (Å²) in [4.78, 5) is 1.68. The van der Waals surface area contributed by atoms with E-state index in [0.29, 0.717) is 30.3 Å². The van der Waals surface area contributed by atoms with Gasteiger partial charge in [-0.3, -0.25) is 0 Å². The van der Waals surface area contributed by atoms with Crippen LogP contribution in [-0.2, 0) is 16.6 Å². The second kappa shape index (κ2) is 9.51. The Labute approximate surface area is 183 Å². The van der Waals surface area contributed by atoms with E-state index in [1.807, 2.05) is 36.4 Å². The SMILES string of the molecule is COc1ccccc1Oc1ccc(S(=O)(=O)N2CC[NH+](Cc3ccccc3)CC2)cc1. The van der Waals surface area contributed by atoms with Gasteiger partial charge in [-0.2, -0.15) is 4.31 Å². The van der Waals surface area contributed by atoms with Crippen LogP contribution in [0.15, 0.2) is 83.8 Å². The third-order valence-corrected chi connectivity index (χ3v) is 7.40. The Morgan fingerprint density at radius 2 is 1.45 bits per heavy atom. The molecule has 7 heteroatoms. The molecule has 0 unspecified atom stereocenters. The van der Waals surface area contributed by atoms with Crippen LogP contribution in [-0.4, -0.2) is 46.0 Å². The van der Waals surface area contributed by atoms with Crippen LogP contribution in [0.4, 0.5) is 0 Å². The normalized spacial score (nSPS) is 15.5. The summed E-state index contributed by atoms with van der Waals surface area (Å²) in [6.45, 7) is 3.55. The van der Waals surface area contributed by atoms with E-state index >= 15 is 0 Å². The van der Waals surface area contributed by atoms with Gasteiger partial charge in [0.15, 0.2) is 11.5 Å². The number of ether oxygens (including phenoxy) is 2. The Balaban J connectivity index is 1.39. The van der Waals surface area contributed by atoms with E-state index in [2.05, 4.69) is 12.1 Å².